The highest BCUT2D eigenvalue weighted by atomic mass is 32.2. The molecule has 4 nitrogen and oxygen atoms in total. The van der Waals surface area contributed by atoms with E-state index in [9.17, 15) is 12.8 Å². The molecule has 1 fully saturated rings. The molecular weight excluding hydrogens is 287 g/mol. The number of sulfonamides is 1. The number of nitrogens with zero attached hydrogens (tertiary/aromatic N) is 1. The van der Waals surface area contributed by atoms with E-state index in [0.29, 0.717) is 6.54 Å². The predicted molar refractivity (Wildman–Crippen MR) is 76.1 cm³/mol. The molecule has 0 aliphatic carbocycles. The molecule has 2 atom stereocenters. The first-order valence-electron chi connectivity index (χ1n) is 6.02. The smallest absolute Gasteiger partial charge is 0.246 e. The highest BCUT2D eigenvalue weighted by Gasteiger charge is 2.36. The second-order valence-electron chi connectivity index (χ2n) is 4.62. The van der Waals surface area contributed by atoms with Gasteiger partial charge >= 0.3 is 0 Å². The van der Waals surface area contributed by atoms with Gasteiger partial charge in [0, 0.05) is 29.3 Å². The third-order valence-corrected chi connectivity index (χ3v) is 6.73. The Bertz CT molecular complexity index is 577. The summed E-state index contributed by atoms with van der Waals surface area (Å²) in [6.07, 6.45) is 0. The Morgan fingerprint density at radius 2 is 2.11 bits per heavy atom. The third-order valence-electron chi connectivity index (χ3n) is 3.37. The van der Waals surface area contributed by atoms with Gasteiger partial charge in [-0.05, 0) is 25.1 Å². The maximum absolute atomic E-state index is 13.8. The molecule has 0 radical (unpaired) electrons. The van der Waals surface area contributed by atoms with Gasteiger partial charge in [0.1, 0.15) is 10.7 Å². The van der Waals surface area contributed by atoms with Crippen LogP contribution in [-0.2, 0) is 10.0 Å². The van der Waals surface area contributed by atoms with Gasteiger partial charge in [-0.15, -0.1) is 0 Å². The fraction of sp³-hybridized carbons (Fsp3) is 0.500. The minimum absolute atomic E-state index is 0.152. The van der Waals surface area contributed by atoms with Crippen molar-refractivity contribution in [1.29, 1.82) is 0 Å². The third kappa shape index (κ3) is 2.73. The van der Waals surface area contributed by atoms with Gasteiger partial charge in [0.2, 0.25) is 10.0 Å². The topological polar surface area (TPSA) is 63.4 Å². The van der Waals surface area contributed by atoms with Crippen LogP contribution in [0.5, 0.6) is 0 Å². The quantitative estimate of drug-likeness (QED) is 0.848. The molecule has 2 N–H and O–H groups in total. The van der Waals surface area contributed by atoms with E-state index in [1.54, 1.807) is 11.8 Å². The first-order valence-corrected chi connectivity index (χ1v) is 8.51. The summed E-state index contributed by atoms with van der Waals surface area (Å²) in [7, 11) is -3.80. The Hall–Kier alpha value is -0.790. The molecule has 1 heterocycles. The molecule has 106 valence electrons. The number of thioether (sulfide) groups is 1. The lowest BCUT2D eigenvalue weighted by Crippen LogP contribution is -2.48. The number of hydrogen-bond donors (Lipinski definition) is 1. The zero-order valence-corrected chi connectivity index (χ0v) is 12.5. The SMILES string of the molecule is CC1SCCN(S(=O)(=O)c2ccc(N)cc2F)C1C. The summed E-state index contributed by atoms with van der Waals surface area (Å²) in [5.41, 5.74) is 5.66. The summed E-state index contributed by atoms with van der Waals surface area (Å²) in [5, 5.41) is 0.195. The molecule has 1 aromatic carbocycles. The molecule has 1 saturated heterocycles. The Kier molecular flexibility index (Phi) is 4.08. The molecule has 2 unspecified atom stereocenters. The van der Waals surface area contributed by atoms with E-state index >= 15 is 0 Å². The van der Waals surface area contributed by atoms with Gasteiger partial charge in [-0.1, -0.05) is 6.92 Å². The average Bonchev–Trinajstić information content (AvgIpc) is 2.31. The van der Waals surface area contributed by atoms with E-state index in [4.69, 9.17) is 5.73 Å². The Balaban J connectivity index is 2.41. The number of hydrogen-bond acceptors (Lipinski definition) is 4. The largest absolute Gasteiger partial charge is 0.399 e. The molecule has 0 amide bonds. The Morgan fingerprint density at radius 3 is 2.74 bits per heavy atom. The second kappa shape index (κ2) is 5.30. The van der Waals surface area contributed by atoms with Gasteiger partial charge in [0.15, 0.2) is 0 Å². The van der Waals surface area contributed by atoms with Gasteiger partial charge in [-0.2, -0.15) is 16.1 Å². The van der Waals surface area contributed by atoms with Gasteiger partial charge < -0.3 is 5.73 Å². The van der Waals surface area contributed by atoms with Crippen LogP contribution in [0.1, 0.15) is 13.8 Å². The van der Waals surface area contributed by atoms with E-state index in [1.807, 2.05) is 13.8 Å². The highest BCUT2D eigenvalue weighted by molar-refractivity contribution is 8.00. The minimum atomic E-state index is -3.80. The van der Waals surface area contributed by atoms with E-state index < -0.39 is 15.8 Å². The van der Waals surface area contributed by atoms with Crippen LogP contribution in [0.3, 0.4) is 0 Å². The first kappa shape index (κ1) is 14.6. The molecular formula is C12H17FN2O2S2. The summed E-state index contributed by atoms with van der Waals surface area (Å²) in [6, 6.07) is 3.53. The summed E-state index contributed by atoms with van der Waals surface area (Å²) < 4.78 is 40.2. The van der Waals surface area contributed by atoms with Crippen LogP contribution in [0.4, 0.5) is 10.1 Å². The van der Waals surface area contributed by atoms with Gasteiger partial charge in [0.25, 0.3) is 0 Å². The van der Waals surface area contributed by atoms with E-state index in [2.05, 4.69) is 0 Å². The number of halogens is 1. The van der Waals surface area contributed by atoms with E-state index in [0.717, 1.165) is 11.8 Å². The van der Waals surface area contributed by atoms with Crippen LogP contribution in [0.25, 0.3) is 0 Å². The second-order valence-corrected chi connectivity index (χ2v) is 7.97. The van der Waals surface area contributed by atoms with Crippen molar-refractivity contribution in [3.63, 3.8) is 0 Å². The normalized spacial score (nSPS) is 25.4. The minimum Gasteiger partial charge on any atom is -0.399 e. The Morgan fingerprint density at radius 1 is 1.42 bits per heavy atom. The van der Waals surface area contributed by atoms with Crippen molar-refractivity contribution in [2.75, 3.05) is 18.0 Å². The summed E-state index contributed by atoms with van der Waals surface area (Å²) in [6.45, 7) is 4.24. The van der Waals surface area contributed by atoms with Crippen LogP contribution in [-0.4, -0.2) is 36.3 Å². The van der Waals surface area contributed by atoms with Crippen molar-refractivity contribution < 1.29 is 12.8 Å². The molecule has 0 saturated carbocycles. The van der Waals surface area contributed by atoms with Crippen LogP contribution in [0, 0.1) is 5.82 Å². The standard InChI is InChI=1S/C12H17FN2O2S2/c1-8-9(2)18-6-5-15(8)19(16,17)12-4-3-10(14)7-11(12)13/h3-4,7-9H,5-6,14H2,1-2H3. The zero-order valence-electron chi connectivity index (χ0n) is 10.8. The summed E-state index contributed by atoms with van der Waals surface area (Å²) in [5.74, 6) is -0.0699. The molecule has 1 aliphatic rings. The van der Waals surface area contributed by atoms with Crippen molar-refractivity contribution in [3.05, 3.63) is 24.0 Å². The van der Waals surface area contributed by atoms with Crippen LogP contribution >= 0.6 is 11.8 Å². The average molecular weight is 304 g/mol. The Labute approximate surface area is 117 Å². The number of nitrogen functional groups attached to an aromatic ring is 1. The number of benzene rings is 1. The molecule has 2 rings (SSSR count). The van der Waals surface area contributed by atoms with Crippen LogP contribution < -0.4 is 5.73 Å². The number of anilines is 1. The zero-order chi connectivity index (χ0) is 14.2. The monoisotopic (exact) mass is 304 g/mol. The van der Waals surface area contributed by atoms with Gasteiger partial charge in [-0.25, -0.2) is 12.8 Å². The van der Waals surface area contributed by atoms with Crippen molar-refractivity contribution in [2.24, 2.45) is 0 Å². The highest BCUT2D eigenvalue weighted by Crippen LogP contribution is 2.30. The number of nitrogens with two attached hydrogens (primary N) is 1. The van der Waals surface area contributed by atoms with Crippen molar-refractivity contribution in [2.45, 2.75) is 30.0 Å². The number of rotatable bonds is 2. The maximum atomic E-state index is 13.8. The van der Waals surface area contributed by atoms with E-state index in [1.165, 1.54) is 16.4 Å². The van der Waals surface area contributed by atoms with Crippen molar-refractivity contribution in [1.82, 2.24) is 4.31 Å². The van der Waals surface area contributed by atoms with E-state index in [-0.39, 0.29) is 21.9 Å². The lowest BCUT2D eigenvalue weighted by atomic mass is 10.2. The molecule has 1 aliphatic heterocycles. The molecule has 0 spiro atoms. The molecule has 0 aromatic heterocycles. The van der Waals surface area contributed by atoms with Crippen molar-refractivity contribution >= 4 is 27.5 Å². The lowest BCUT2D eigenvalue weighted by Gasteiger charge is -2.36. The maximum Gasteiger partial charge on any atom is 0.246 e. The summed E-state index contributed by atoms with van der Waals surface area (Å²) in [4.78, 5) is -0.298. The van der Waals surface area contributed by atoms with Crippen LogP contribution in [0.15, 0.2) is 23.1 Å². The van der Waals surface area contributed by atoms with Crippen LogP contribution in [0.2, 0.25) is 0 Å². The molecule has 1 aromatic rings. The predicted octanol–water partition coefficient (Wildman–Crippen LogP) is 1.92. The molecule has 7 heteroatoms. The fourth-order valence-corrected chi connectivity index (χ4v) is 5.14. The van der Waals surface area contributed by atoms with Gasteiger partial charge in [-0.3, -0.25) is 0 Å². The van der Waals surface area contributed by atoms with Crippen molar-refractivity contribution in [3.8, 4) is 0 Å². The molecule has 19 heavy (non-hydrogen) atoms. The molecule has 0 bridgehead atoms. The first-order chi connectivity index (χ1) is 8.84. The fourth-order valence-electron chi connectivity index (χ4n) is 2.10. The van der Waals surface area contributed by atoms with Gasteiger partial charge in [0.05, 0.1) is 0 Å². The summed E-state index contributed by atoms with van der Waals surface area (Å²) >= 11 is 1.73. The lowest BCUT2D eigenvalue weighted by molar-refractivity contribution is 0.338.